The number of hydrogen-bond acceptors (Lipinski definition) is 4. The molecular formula is C18H31N3O2. The number of aromatic nitrogens is 2. The molecule has 2 atom stereocenters. The molecule has 1 aliphatic heterocycles. The van der Waals surface area contributed by atoms with Crippen molar-refractivity contribution < 1.29 is 9.21 Å². The molecule has 2 unspecified atom stereocenters. The van der Waals surface area contributed by atoms with Gasteiger partial charge in [-0.15, -0.1) is 10.2 Å². The van der Waals surface area contributed by atoms with Gasteiger partial charge >= 0.3 is 0 Å². The zero-order valence-corrected chi connectivity index (χ0v) is 15.2. The van der Waals surface area contributed by atoms with Gasteiger partial charge in [0.2, 0.25) is 17.7 Å². The molecule has 0 saturated carbocycles. The Kier molecular flexibility index (Phi) is 6.19. The molecule has 1 aromatic rings. The van der Waals surface area contributed by atoms with Gasteiger partial charge in [0.15, 0.2) is 0 Å². The van der Waals surface area contributed by atoms with E-state index >= 15 is 0 Å². The molecule has 0 bridgehead atoms. The molecule has 5 nitrogen and oxygen atoms in total. The summed E-state index contributed by atoms with van der Waals surface area (Å²) in [6, 6.07) is 0.362. The summed E-state index contributed by atoms with van der Waals surface area (Å²) in [7, 11) is 0. The quantitative estimate of drug-likeness (QED) is 0.827. The first-order valence-electron chi connectivity index (χ1n) is 9.00. The van der Waals surface area contributed by atoms with Gasteiger partial charge in [-0.2, -0.15) is 0 Å². The molecule has 1 amide bonds. The van der Waals surface area contributed by atoms with E-state index in [4.69, 9.17) is 4.42 Å². The van der Waals surface area contributed by atoms with E-state index in [1.165, 1.54) is 6.42 Å². The Morgan fingerprint density at radius 1 is 1.22 bits per heavy atom. The lowest BCUT2D eigenvalue weighted by molar-refractivity contribution is -0.134. The summed E-state index contributed by atoms with van der Waals surface area (Å²) in [4.78, 5) is 14.8. The van der Waals surface area contributed by atoms with Crippen molar-refractivity contribution in [3.05, 3.63) is 11.8 Å². The number of aryl methyl sites for hydroxylation is 1. The first-order chi connectivity index (χ1) is 10.9. The van der Waals surface area contributed by atoms with Crippen LogP contribution in [0.3, 0.4) is 0 Å². The molecule has 1 aromatic heterocycles. The minimum Gasteiger partial charge on any atom is -0.425 e. The van der Waals surface area contributed by atoms with E-state index < -0.39 is 0 Å². The second-order valence-corrected chi connectivity index (χ2v) is 7.56. The van der Waals surface area contributed by atoms with Gasteiger partial charge in [-0.1, -0.05) is 34.6 Å². The molecule has 0 radical (unpaired) electrons. The Balaban J connectivity index is 1.96. The highest BCUT2D eigenvalue weighted by Crippen LogP contribution is 2.26. The van der Waals surface area contributed by atoms with Gasteiger partial charge in [-0.25, -0.2) is 0 Å². The highest BCUT2D eigenvalue weighted by Gasteiger charge is 2.29. The molecule has 2 heterocycles. The third-order valence-electron chi connectivity index (χ3n) is 4.84. The molecule has 0 aliphatic carbocycles. The lowest BCUT2D eigenvalue weighted by Gasteiger charge is -2.33. The number of amides is 1. The first-order valence-corrected chi connectivity index (χ1v) is 9.00. The maximum absolute atomic E-state index is 12.7. The number of carbonyl (C=O) groups is 1. The molecule has 130 valence electrons. The van der Waals surface area contributed by atoms with Crippen LogP contribution in [0.4, 0.5) is 0 Å². The van der Waals surface area contributed by atoms with Crippen molar-refractivity contribution in [2.75, 3.05) is 6.54 Å². The van der Waals surface area contributed by atoms with Crippen LogP contribution < -0.4 is 0 Å². The Morgan fingerprint density at radius 2 is 1.96 bits per heavy atom. The van der Waals surface area contributed by atoms with Crippen LogP contribution in [0.5, 0.6) is 0 Å². The van der Waals surface area contributed by atoms with Crippen LogP contribution in [0.1, 0.15) is 78.0 Å². The lowest BCUT2D eigenvalue weighted by atomic mass is 9.95. The van der Waals surface area contributed by atoms with Gasteiger partial charge in [0.1, 0.15) is 0 Å². The molecule has 5 heteroatoms. The fourth-order valence-corrected chi connectivity index (χ4v) is 3.24. The zero-order valence-electron chi connectivity index (χ0n) is 15.2. The average molecular weight is 321 g/mol. The van der Waals surface area contributed by atoms with E-state index in [0.29, 0.717) is 42.5 Å². The second-order valence-electron chi connectivity index (χ2n) is 7.56. The summed E-state index contributed by atoms with van der Waals surface area (Å²) < 4.78 is 5.61. The van der Waals surface area contributed by atoms with Crippen molar-refractivity contribution in [2.45, 2.75) is 78.7 Å². The van der Waals surface area contributed by atoms with Crippen LogP contribution in [-0.2, 0) is 11.2 Å². The maximum atomic E-state index is 12.7. The lowest BCUT2D eigenvalue weighted by Crippen LogP contribution is -2.43. The molecule has 2 rings (SSSR count). The number of carbonyl (C=O) groups excluding carboxylic acids is 1. The van der Waals surface area contributed by atoms with Crippen molar-refractivity contribution in [3.8, 4) is 0 Å². The largest absolute Gasteiger partial charge is 0.425 e. The van der Waals surface area contributed by atoms with E-state index in [1.807, 2.05) is 13.8 Å². The molecule has 23 heavy (non-hydrogen) atoms. The first kappa shape index (κ1) is 18.0. The Labute approximate surface area is 139 Å². The van der Waals surface area contributed by atoms with Gasteiger partial charge in [-0.05, 0) is 31.1 Å². The Bertz CT molecular complexity index is 510. The molecule has 1 saturated heterocycles. The van der Waals surface area contributed by atoms with Gasteiger partial charge < -0.3 is 9.32 Å². The fourth-order valence-electron chi connectivity index (χ4n) is 3.24. The zero-order chi connectivity index (χ0) is 17.0. The van der Waals surface area contributed by atoms with Gasteiger partial charge in [0, 0.05) is 31.3 Å². The normalized spacial score (nSPS) is 22.7. The number of rotatable bonds is 5. The van der Waals surface area contributed by atoms with Crippen LogP contribution in [0.2, 0.25) is 0 Å². The van der Waals surface area contributed by atoms with E-state index in [1.54, 1.807) is 0 Å². The fraction of sp³-hybridized carbons (Fsp3) is 0.833. The minimum atomic E-state index is 0.224. The number of nitrogens with zero attached hydrogens (tertiary/aromatic N) is 3. The summed E-state index contributed by atoms with van der Waals surface area (Å²) in [5.41, 5.74) is 0. The molecule has 1 aliphatic rings. The van der Waals surface area contributed by atoms with Crippen molar-refractivity contribution in [1.82, 2.24) is 15.1 Å². The van der Waals surface area contributed by atoms with Gasteiger partial charge in [-0.3, -0.25) is 4.79 Å². The summed E-state index contributed by atoms with van der Waals surface area (Å²) in [6.07, 6.45) is 4.43. The van der Waals surface area contributed by atoms with E-state index in [-0.39, 0.29) is 11.8 Å². The highest BCUT2D eigenvalue weighted by molar-refractivity contribution is 5.76. The SMILES string of the molecule is CC1CCC(C(C)C)N(C(=O)CCc2nnc(C(C)C)o2)CC1. The standard InChI is InChI=1S/C18H31N3O2/c1-12(2)15-7-6-14(5)10-11-21(15)17(22)9-8-16-19-20-18(23-16)13(3)4/h12-15H,6-11H2,1-5H3. The van der Waals surface area contributed by atoms with Crippen molar-refractivity contribution in [2.24, 2.45) is 11.8 Å². The third kappa shape index (κ3) is 4.79. The van der Waals surface area contributed by atoms with Crippen LogP contribution in [0.25, 0.3) is 0 Å². The number of likely N-dealkylation sites (tertiary alicyclic amines) is 1. The molecule has 0 aromatic carbocycles. The van der Waals surface area contributed by atoms with Crippen LogP contribution >= 0.6 is 0 Å². The average Bonchev–Trinajstić information content (AvgIpc) is 2.88. The van der Waals surface area contributed by atoms with Crippen molar-refractivity contribution in [3.63, 3.8) is 0 Å². The highest BCUT2D eigenvalue weighted by atomic mass is 16.4. The predicted octanol–water partition coefficient (Wildman–Crippen LogP) is 3.80. The Morgan fingerprint density at radius 3 is 2.57 bits per heavy atom. The molecule has 0 N–H and O–H groups in total. The monoisotopic (exact) mass is 321 g/mol. The predicted molar refractivity (Wildman–Crippen MR) is 90.1 cm³/mol. The molecular weight excluding hydrogens is 290 g/mol. The summed E-state index contributed by atoms with van der Waals surface area (Å²) in [6.45, 7) is 11.6. The summed E-state index contributed by atoms with van der Waals surface area (Å²) in [5.74, 6) is 2.88. The van der Waals surface area contributed by atoms with Crippen LogP contribution in [0.15, 0.2) is 4.42 Å². The smallest absolute Gasteiger partial charge is 0.223 e. The van der Waals surface area contributed by atoms with Crippen molar-refractivity contribution >= 4 is 5.91 Å². The topological polar surface area (TPSA) is 59.2 Å². The molecule has 1 fully saturated rings. The van der Waals surface area contributed by atoms with E-state index in [0.717, 1.165) is 19.4 Å². The van der Waals surface area contributed by atoms with E-state index in [2.05, 4.69) is 35.9 Å². The maximum Gasteiger partial charge on any atom is 0.223 e. The van der Waals surface area contributed by atoms with Crippen LogP contribution in [-0.4, -0.2) is 33.6 Å². The second kappa shape index (κ2) is 7.93. The van der Waals surface area contributed by atoms with E-state index in [9.17, 15) is 4.79 Å². The van der Waals surface area contributed by atoms with Crippen LogP contribution in [0, 0.1) is 11.8 Å². The van der Waals surface area contributed by atoms with Crippen molar-refractivity contribution in [1.29, 1.82) is 0 Å². The van der Waals surface area contributed by atoms with Gasteiger partial charge in [0.25, 0.3) is 0 Å². The Hall–Kier alpha value is -1.39. The summed E-state index contributed by atoms with van der Waals surface area (Å²) >= 11 is 0. The minimum absolute atomic E-state index is 0.224. The molecule has 0 spiro atoms. The van der Waals surface area contributed by atoms with Gasteiger partial charge in [0.05, 0.1) is 0 Å². The number of hydrogen-bond donors (Lipinski definition) is 0. The third-order valence-corrected chi connectivity index (χ3v) is 4.84. The summed E-state index contributed by atoms with van der Waals surface area (Å²) in [5, 5.41) is 8.08.